The van der Waals surface area contributed by atoms with Crippen LogP contribution < -0.4 is 0 Å². The minimum atomic E-state index is -0.0531. The van der Waals surface area contributed by atoms with Gasteiger partial charge < -0.3 is 18.9 Å². The Morgan fingerprint density at radius 3 is 1.00 bits per heavy atom. The predicted molar refractivity (Wildman–Crippen MR) is 575 cm³/mol. The van der Waals surface area contributed by atoms with Crippen LogP contribution in [0.25, 0.3) is 54.8 Å². The molecule has 12 nitrogen and oxygen atoms in total. The minimum absolute atomic E-state index is 0.0190. The van der Waals surface area contributed by atoms with Gasteiger partial charge in [0.25, 0.3) is 0 Å². The molecule has 4 heterocycles. The van der Waals surface area contributed by atoms with Crippen molar-refractivity contribution in [3.63, 3.8) is 0 Å². The van der Waals surface area contributed by atoms with Crippen LogP contribution in [0.3, 0.4) is 0 Å². The van der Waals surface area contributed by atoms with Gasteiger partial charge in [0.05, 0.1) is 68.9 Å². The highest BCUT2D eigenvalue weighted by atomic mass is 16.5. The van der Waals surface area contributed by atoms with Gasteiger partial charge in [0.1, 0.15) is 23.3 Å². The lowest BCUT2D eigenvalue weighted by Crippen LogP contribution is -2.54. The van der Waals surface area contributed by atoms with Gasteiger partial charge in [-0.3, -0.25) is 0 Å². The van der Waals surface area contributed by atoms with Crippen LogP contribution in [0.2, 0.25) is 0 Å². The van der Waals surface area contributed by atoms with Crippen molar-refractivity contribution in [3.05, 3.63) is 179 Å². The molecule has 28 atom stereocenters. The molecular weight excluding hydrogens is 1710 g/mol. The summed E-state index contributed by atoms with van der Waals surface area (Å²) in [6.45, 7) is 55.4. The fourth-order valence-electron chi connectivity index (χ4n) is 36.5. The first kappa shape index (κ1) is 99.0. The Hall–Kier alpha value is -6.96. The van der Waals surface area contributed by atoms with Crippen LogP contribution in [0.5, 0.6) is 0 Å². The molecule has 4 aromatic heterocycles. The lowest BCUT2D eigenvalue weighted by atomic mass is 9.44. The van der Waals surface area contributed by atoms with E-state index >= 15 is 0 Å². The fourth-order valence-corrected chi connectivity index (χ4v) is 36.5. The van der Waals surface area contributed by atoms with Crippen LogP contribution >= 0.6 is 0 Å². The lowest BCUT2D eigenvalue weighted by Gasteiger charge is -2.61. The number of allylic oxidation sites excluding steroid dienone is 6. The summed E-state index contributed by atoms with van der Waals surface area (Å²) in [5, 5.41) is 4.72. The van der Waals surface area contributed by atoms with E-state index in [1.807, 2.05) is 52.5 Å². The molecule has 0 bridgehead atoms. The SMILES string of the molecule is Cc1ncc2cc(C3=CC[C@H]4[C@@H]5CC=C6C[C@@H](OC(C)(C)C)CC[C@]6(C)[C@H]5CC[C@]34C)ccc2n1.Cc1ncc2cc(C3=CC[C@H]4[C@@H]5CC[C@H]6C[C@@H](OC(C)(C)C)CC[C@]6(C)[C@H]5CC[C@]34C)ccc2n1.Cc1ncc2cc([C@H]3CC[C@H]4[C@@H]5CC=C6C[C@@H](OC(C)(C)C)CC[C@]6(C)[C@H]5CC[C@]34C)ccc2n1.Cc1ncc2cc([C@H]3CC[C@H]4[C@@H]5CC[C@H]6C[C@@H](OC(C)(C)C)CC[C@]6(C)[C@H]5CC[C@]34C)ccc2n1. The standard InChI is InChI=1S/C32H46N2O.2C32H44N2O.C32H42N2O/c4*1-20-33-19-22-17-21(7-12-29(22)34-20)26-10-11-27-25-9-8-23-18-24(35-30(2,3)4)13-15-31(23,5)28(25)14-16-32(26,27)6/h7,12,17,19,23-28H,8-11,13-16,18H2,1-6H3;7,10,12,17,19,23-25,27-28H,8-9,11,13-16,18H2,1-6H3;7-8,12,17,19,24-28H,9-11,13-16,18H2,1-6H3;7-8,10,12,17,19,24-25,27-28H,9,11,13-16,18H2,1-6H3/t23-,24-,25-,26+,27-,28-,31-,32+;23-,24-,25-,27-,28-,31-,32+;24-,25-,26+,27-,28-,31-,32+;24-,25-,27-,28-,31-,32+/m0000/s1. The predicted octanol–water partition coefficient (Wildman–Crippen LogP) is 32.7. The van der Waals surface area contributed by atoms with E-state index in [1.165, 1.54) is 226 Å². The molecule has 0 N–H and O–H groups in total. The second-order valence-corrected chi connectivity index (χ2v) is 55.1. The van der Waals surface area contributed by atoms with Crippen molar-refractivity contribution in [1.82, 2.24) is 39.9 Å². The van der Waals surface area contributed by atoms with Gasteiger partial charge in [-0.25, -0.2) is 39.9 Å². The van der Waals surface area contributed by atoms with E-state index in [1.54, 1.807) is 22.3 Å². The third kappa shape index (κ3) is 18.2. The number of rotatable bonds is 8. The lowest BCUT2D eigenvalue weighted by molar-refractivity contribution is -0.152. The second-order valence-electron chi connectivity index (χ2n) is 55.1. The summed E-state index contributed by atoms with van der Waals surface area (Å²) in [7, 11) is 0. The van der Waals surface area contributed by atoms with Crippen LogP contribution in [0.1, 0.15) is 401 Å². The largest absolute Gasteiger partial charge is 0.373 e. The quantitative estimate of drug-likeness (QED) is 0.134. The average molecular weight is 1890 g/mol. The Balaban J connectivity index is 0.000000111. The van der Waals surface area contributed by atoms with Gasteiger partial charge in [-0.05, 0) is 536 Å². The minimum Gasteiger partial charge on any atom is -0.373 e. The van der Waals surface area contributed by atoms with Gasteiger partial charge in [0.15, 0.2) is 0 Å². The molecule has 752 valence electrons. The zero-order chi connectivity index (χ0) is 98.3. The molecule has 12 saturated carbocycles. The van der Waals surface area contributed by atoms with Crippen LogP contribution in [0, 0.1) is 154 Å². The van der Waals surface area contributed by atoms with Crippen LogP contribution in [-0.2, 0) is 18.9 Å². The third-order valence-electron chi connectivity index (χ3n) is 42.9. The van der Waals surface area contributed by atoms with Crippen molar-refractivity contribution in [2.75, 3.05) is 0 Å². The van der Waals surface area contributed by atoms with Gasteiger partial charge in [0, 0.05) is 46.3 Å². The van der Waals surface area contributed by atoms with Crippen molar-refractivity contribution < 1.29 is 18.9 Å². The van der Waals surface area contributed by atoms with Crippen LogP contribution in [0.4, 0.5) is 0 Å². The highest BCUT2D eigenvalue weighted by Gasteiger charge is 2.65. The Labute approximate surface area is 843 Å². The average Bonchev–Trinajstić information content (AvgIpc) is 0.784. The number of fused-ring (bicyclic) bond motifs is 24. The summed E-state index contributed by atoms with van der Waals surface area (Å²) >= 11 is 0. The van der Waals surface area contributed by atoms with Crippen molar-refractivity contribution in [2.45, 2.75) is 430 Å². The molecule has 140 heavy (non-hydrogen) atoms. The van der Waals surface area contributed by atoms with E-state index in [2.05, 4.69) is 275 Å². The summed E-state index contributed by atoms with van der Waals surface area (Å²) in [4.78, 5) is 36.4. The Bertz CT molecular complexity index is 5990. The zero-order valence-electron chi connectivity index (χ0n) is 90.9. The molecule has 0 aliphatic heterocycles. The normalized spacial score (nSPS) is 39.0. The Kier molecular flexibility index (Phi) is 25.9. The summed E-state index contributed by atoms with van der Waals surface area (Å²) in [5.74, 6) is 16.6. The smallest absolute Gasteiger partial charge is 0.125 e. The maximum absolute atomic E-state index is 6.49. The van der Waals surface area contributed by atoms with Crippen molar-refractivity contribution >= 4 is 54.8 Å². The highest BCUT2D eigenvalue weighted by Crippen LogP contribution is 2.74. The molecule has 0 spiro atoms. The van der Waals surface area contributed by atoms with Gasteiger partial charge >= 0.3 is 0 Å². The fraction of sp³-hybridized carbons (Fsp3) is 0.688. The summed E-state index contributed by atoms with van der Waals surface area (Å²) in [6, 6.07) is 27.7. The molecule has 24 rings (SSSR count). The molecule has 0 saturated heterocycles. The monoisotopic (exact) mass is 1890 g/mol. The maximum Gasteiger partial charge on any atom is 0.125 e. The topological polar surface area (TPSA) is 140 Å². The first-order chi connectivity index (χ1) is 66.3. The molecule has 8 aromatic rings. The number of nitrogens with zero attached hydrogens (tertiary/aromatic N) is 8. The Morgan fingerprint density at radius 2 is 0.593 bits per heavy atom. The molecule has 0 radical (unpaired) electrons. The van der Waals surface area contributed by atoms with Gasteiger partial charge in [-0.15, -0.1) is 0 Å². The van der Waals surface area contributed by atoms with Gasteiger partial charge in [0.2, 0.25) is 0 Å². The molecule has 12 fully saturated rings. The number of ether oxygens (including phenoxy) is 4. The second kappa shape index (κ2) is 36.6. The highest BCUT2D eigenvalue weighted by molar-refractivity contribution is 5.86. The number of hydrogen-bond donors (Lipinski definition) is 0. The number of aryl methyl sites for hydroxylation is 4. The molecule has 4 aromatic carbocycles. The van der Waals surface area contributed by atoms with E-state index in [4.69, 9.17) is 18.9 Å². The number of aromatic nitrogens is 8. The van der Waals surface area contributed by atoms with Gasteiger partial charge in [-0.2, -0.15) is 0 Å². The van der Waals surface area contributed by atoms with Crippen LogP contribution in [0.15, 0.2) is 133 Å². The summed E-state index contributed by atoms with van der Waals surface area (Å²) in [6.07, 6.45) is 62.5. The first-order valence-electron chi connectivity index (χ1n) is 56.7. The molecule has 16 aliphatic rings. The van der Waals surface area contributed by atoms with E-state index in [0.29, 0.717) is 74.2 Å². The maximum atomic E-state index is 6.49. The van der Waals surface area contributed by atoms with E-state index in [-0.39, 0.29) is 27.8 Å². The summed E-state index contributed by atoms with van der Waals surface area (Å²) < 4.78 is 25.8. The van der Waals surface area contributed by atoms with Gasteiger partial charge in [-0.1, -0.05) is 115 Å². The van der Waals surface area contributed by atoms with Crippen molar-refractivity contribution in [2.24, 2.45) is 126 Å². The zero-order valence-corrected chi connectivity index (χ0v) is 90.9. The number of hydrogen-bond acceptors (Lipinski definition) is 12. The molecular formula is C128H176N8O4. The van der Waals surface area contributed by atoms with Crippen molar-refractivity contribution in [3.8, 4) is 0 Å². The van der Waals surface area contributed by atoms with Crippen molar-refractivity contribution in [1.29, 1.82) is 0 Å². The molecule has 12 heteroatoms. The van der Waals surface area contributed by atoms with E-state index in [9.17, 15) is 0 Å². The molecule has 16 aliphatic carbocycles. The van der Waals surface area contributed by atoms with E-state index in [0.717, 1.165) is 152 Å². The summed E-state index contributed by atoms with van der Waals surface area (Å²) in [5.41, 5.74) is 19.8. The number of benzene rings is 4. The third-order valence-corrected chi connectivity index (χ3v) is 42.9. The van der Waals surface area contributed by atoms with Crippen LogP contribution in [-0.4, -0.2) is 86.7 Å². The van der Waals surface area contributed by atoms with E-state index < -0.39 is 0 Å². The molecule has 0 amide bonds. The molecule has 0 unspecified atom stereocenters. The Morgan fingerprint density at radius 1 is 0.279 bits per heavy atom. The first-order valence-corrected chi connectivity index (χ1v) is 56.7.